The highest BCUT2D eigenvalue weighted by Crippen LogP contribution is 2.34. The maximum absolute atomic E-state index is 13.3. The first kappa shape index (κ1) is 21.9. The second kappa shape index (κ2) is 9.82. The van der Waals surface area contributed by atoms with E-state index in [1.54, 1.807) is 6.07 Å². The quantitative estimate of drug-likeness (QED) is 0.607. The molecule has 1 fully saturated rings. The summed E-state index contributed by atoms with van der Waals surface area (Å²) >= 11 is 0. The van der Waals surface area contributed by atoms with E-state index in [-0.39, 0.29) is 29.6 Å². The number of rotatable bonds is 9. The molecule has 3 rings (SSSR count). The first-order chi connectivity index (χ1) is 14.5. The van der Waals surface area contributed by atoms with Crippen LogP contribution in [0.15, 0.2) is 53.4 Å². The third-order valence-corrected chi connectivity index (χ3v) is 6.81. The summed E-state index contributed by atoms with van der Waals surface area (Å²) in [6.07, 6.45) is 1.06. The minimum Gasteiger partial charge on any atom is -0.497 e. The predicted octanol–water partition coefficient (Wildman–Crippen LogP) is 2.05. The number of benzene rings is 2. The van der Waals surface area contributed by atoms with Crippen LogP contribution in [0.5, 0.6) is 17.2 Å². The van der Waals surface area contributed by atoms with E-state index in [2.05, 4.69) is 5.32 Å². The molecule has 0 radical (unpaired) electrons. The van der Waals surface area contributed by atoms with Crippen molar-refractivity contribution in [3.8, 4) is 17.2 Å². The molecule has 0 spiro atoms. The smallest absolute Gasteiger partial charge is 0.247 e. The Hall–Kier alpha value is -2.78. The number of ether oxygens (including phenoxy) is 3. The van der Waals surface area contributed by atoms with Crippen LogP contribution in [-0.2, 0) is 14.8 Å². The number of carbonyl (C=O) groups excluding carboxylic acids is 1. The molecule has 0 aliphatic carbocycles. The van der Waals surface area contributed by atoms with Crippen LogP contribution in [-0.4, -0.2) is 58.6 Å². The third kappa shape index (κ3) is 4.85. The van der Waals surface area contributed by atoms with Crippen LogP contribution in [0, 0.1) is 0 Å². The van der Waals surface area contributed by atoms with Gasteiger partial charge in [-0.2, -0.15) is 4.31 Å². The van der Waals surface area contributed by atoms with E-state index in [0.717, 1.165) is 0 Å². The Morgan fingerprint density at radius 3 is 2.57 bits per heavy atom. The molecule has 0 aromatic heterocycles. The number of hydrogen-bond acceptors (Lipinski definition) is 6. The van der Waals surface area contributed by atoms with E-state index in [0.29, 0.717) is 30.9 Å². The molecule has 1 saturated heterocycles. The fraction of sp³-hybridized carbons (Fsp3) is 0.381. The van der Waals surface area contributed by atoms with Crippen LogP contribution in [0.1, 0.15) is 12.8 Å². The molecular formula is C21H26N2O6S. The molecule has 1 atom stereocenters. The summed E-state index contributed by atoms with van der Waals surface area (Å²) in [7, 11) is -1.08. The van der Waals surface area contributed by atoms with Crippen LogP contribution >= 0.6 is 0 Å². The lowest BCUT2D eigenvalue weighted by molar-refractivity contribution is -0.124. The van der Waals surface area contributed by atoms with Crippen molar-refractivity contribution in [2.45, 2.75) is 23.8 Å². The number of carbonyl (C=O) groups is 1. The van der Waals surface area contributed by atoms with Crippen LogP contribution in [0.3, 0.4) is 0 Å². The molecule has 1 amide bonds. The lowest BCUT2D eigenvalue weighted by Crippen LogP contribution is -2.46. The van der Waals surface area contributed by atoms with Crippen molar-refractivity contribution in [2.24, 2.45) is 0 Å². The van der Waals surface area contributed by atoms with Crippen LogP contribution < -0.4 is 19.5 Å². The van der Waals surface area contributed by atoms with Gasteiger partial charge < -0.3 is 19.5 Å². The number of nitrogens with one attached hydrogen (secondary N) is 1. The lowest BCUT2D eigenvalue weighted by Gasteiger charge is -2.24. The minimum atomic E-state index is -3.95. The Kier molecular flexibility index (Phi) is 7.17. The summed E-state index contributed by atoms with van der Waals surface area (Å²) in [6, 6.07) is 13.1. The summed E-state index contributed by atoms with van der Waals surface area (Å²) in [5, 5.41) is 2.77. The first-order valence-electron chi connectivity index (χ1n) is 9.67. The molecule has 1 N–H and O–H groups in total. The molecule has 162 valence electrons. The Labute approximate surface area is 176 Å². The standard InChI is InChI=1S/C21H26N2O6S/c1-27-17-10-11-19(28-2)20(15-17)30(25,26)23-13-6-9-18(23)21(24)22-12-14-29-16-7-4-3-5-8-16/h3-5,7-8,10-11,15,18H,6,9,12-14H2,1-2H3,(H,22,24)/t18-/m1/s1. The highest BCUT2D eigenvalue weighted by Gasteiger charge is 2.40. The van der Waals surface area contributed by atoms with Gasteiger partial charge in [0.1, 0.15) is 34.8 Å². The molecule has 30 heavy (non-hydrogen) atoms. The summed E-state index contributed by atoms with van der Waals surface area (Å²) in [5.74, 6) is 0.974. The fourth-order valence-electron chi connectivity index (χ4n) is 3.38. The van der Waals surface area contributed by atoms with Crippen molar-refractivity contribution >= 4 is 15.9 Å². The second-order valence-electron chi connectivity index (χ2n) is 6.74. The number of hydrogen-bond donors (Lipinski definition) is 1. The SMILES string of the molecule is COc1ccc(OC)c(S(=O)(=O)N2CCC[C@@H]2C(=O)NCCOc2ccccc2)c1. The van der Waals surface area contributed by atoms with Gasteiger partial charge in [-0.15, -0.1) is 0 Å². The Bertz CT molecular complexity index is 965. The van der Waals surface area contributed by atoms with Gasteiger partial charge in [-0.1, -0.05) is 18.2 Å². The monoisotopic (exact) mass is 434 g/mol. The van der Waals surface area contributed by atoms with Gasteiger partial charge in [-0.25, -0.2) is 8.42 Å². The topological polar surface area (TPSA) is 94.2 Å². The summed E-state index contributed by atoms with van der Waals surface area (Å²) in [5.41, 5.74) is 0. The van der Waals surface area contributed by atoms with Crippen molar-refractivity contribution in [2.75, 3.05) is 33.9 Å². The van der Waals surface area contributed by atoms with E-state index < -0.39 is 16.1 Å². The zero-order chi connectivity index (χ0) is 21.6. The zero-order valence-electron chi connectivity index (χ0n) is 17.0. The molecule has 2 aromatic carbocycles. The van der Waals surface area contributed by atoms with Gasteiger partial charge in [-0.05, 0) is 37.1 Å². The molecule has 8 nitrogen and oxygen atoms in total. The second-order valence-corrected chi connectivity index (χ2v) is 8.60. The van der Waals surface area contributed by atoms with Gasteiger partial charge in [-0.3, -0.25) is 4.79 Å². The van der Waals surface area contributed by atoms with Crippen molar-refractivity contribution in [1.29, 1.82) is 0 Å². The third-order valence-electron chi connectivity index (χ3n) is 4.88. The van der Waals surface area contributed by atoms with Gasteiger partial charge in [0.25, 0.3) is 0 Å². The molecule has 0 bridgehead atoms. The van der Waals surface area contributed by atoms with E-state index in [1.165, 1.54) is 30.7 Å². The number of methoxy groups -OCH3 is 2. The molecule has 1 aliphatic heterocycles. The summed E-state index contributed by atoms with van der Waals surface area (Å²) in [4.78, 5) is 12.7. The van der Waals surface area contributed by atoms with Crippen molar-refractivity contribution < 1.29 is 27.4 Å². The number of amides is 1. The highest BCUT2D eigenvalue weighted by molar-refractivity contribution is 7.89. The Balaban J connectivity index is 1.67. The average molecular weight is 435 g/mol. The number of nitrogens with zero attached hydrogens (tertiary/aromatic N) is 1. The normalized spacial score (nSPS) is 16.8. The van der Waals surface area contributed by atoms with Gasteiger partial charge in [0.05, 0.1) is 20.8 Å². The maximum atomic E-state index is 13.3. The largest absolute Gasteiger partial charge is 0.497 e. The predicted molar refractivity (Wildman–Crippen MR) is 111 cm³/mol. The van der Waals surface area contributed by atoms with E-state index in [4.69, 9.17) is 14.2 Å². The van der Waals surface area contributed by atoms with E-state index in [9.17, 15) is 13.2 Å². The number of para-hydroxylation sites is 1. The van der Waals surface area contributed by atoms with E-state index >= 15 is 0 Å². The Morgan fingerprint density at radius 2 is 1.87 bits per heavy atom. The van der Waals surface area contributed by atoms with Gasteiger partial charge in [0.15, 0.2) is 0 Å². The maximum Gasteiger partial charge on any atom is 0.247 e. The molecule has 9 heteroatoms. The van der Waals surface area contributed by atoms with E-state index in [1.807, 2.05) is 30.3 Å². The lowest BCUT2D eigenvalue weighted by atomic mass is 10.2. The molecule has 1 heterocycles. The van der Waals surface area contributed by atoms with Gasteiger partial charge in [0, 0.05) is 12.6 Å². The molecule has 0 saturated carbocycles. The molecule has 2 aromatic rings. The minimum absolute atomic E-state index is 0.0172. The van der Waals surface area contributed by atoms with Crippen LogP contribution in [0.2, 0.25) is 0 Å². The van der Waals surface area contributed by atoms with Crippen molar-refractivity contribution in [3.63, 3.8) is 0 Å². The van der Waals surface area contributed by atoms with Crippen molar-refractivity contribution in [3.05, 3.63) is 48.5 Å². The zero-order valence-corrected chi connectivity index (χ0v) is 17.9. The van der Waals surface area contributed by atoms with Crippen LogP contribution in [0.4, 0.5) is 0 Å². The number of sulfonamides is 1. The fourth-order valence-corrected chi connectivity index (χ4v) is 5.21. The molecule has 0 unspecified atom stereocenters. The van der Waals surface area contributed by atoms with Gasteiger partial charge in [0.2, 0.25) is 15.9 Å². The molecule has 1 aliphatic rings. The van der Waals surface area contributed by atoms with Gasteiger partial charge >= 0.3 is 0 Å². The highest BCUT2D eigenvalue weighted by atomic mass is 32.2. The average Bonchev–Trinajstić information content (AvgIpc) is 3.28. The van der Waals surface area contributed by atoms with Crippen LogP contribution in [0.25, 0.3) is 0 Å². The van der Waals surface area contributed by atoms with Crippen molar-refractivity contribution in [1.82, 2.24) is 9.62 Å². The summed E-state index contributed by atoms with van der Waals surface area (Å²) in [6.45, 7) is 0.834. The Morgan fingerprint density at radius 1 is 1.10 bits per heavy atom. The molecular weight excluding hydrogens is 408 g/mol. The first-order valence-corrected chi connectivity index (χ1v) is 11.1. The summed E-state index contributed by atoms with van der Waals surface area (Å²) < 4.78 is 43.8.